The minimum atomic E-state index is -0.812. The van der Waals surface area contributed by atoms with Gasteiger partial charge in [0.05, 0.1) is 12.0 Å². The van der Waals surface area contributed by atoms with E-state index in [9.17, 15) is 14.7 Å². The summed E-state index contributed by atoms with van der Waals surface area (Å²) >= 11 is 0. The van der Waals surface area contributed by atoms with Crippen LogP contribution < -0.4 is 5.32 Å². The largest absolute Gasteiger partial charge is 0.389 e. The van der Waals surface area contributed by atoms with E-state index in [0.29, 0.717) is 13.1 Å². The summed E-state index contributed by atoms with van der Waals surface area (Å²) in [5.74, 6) is -0.0450. The molecule has 0 saturated heterocycles. The Morgan fingerprint density at radius 1 is 1.25 bits per heavy atom. The molecule has 0 spiro atoms. The van der Waals surface area contributed by atoms with Crippen LogP contribution in [0.3, 0.4) is 0 Å². The molecule has 1 heterocycles. The van der Waals surface area contributed by atoms with Crippen LogP contribution in [-0.2, 0) is 22.6 Å². The molecule has 1 aromatic carbocycles. The molecule has 3 rings (SSSR count). The van der Waals surface area contributed by atoms with Crippen LogP contribution in [0, 0.1) is 0 Å². The van der Waals surface area contributed by atoms with Crippen LogP contribution in [0.4, 0.5) is 5.69 Å². The Balaban J connectivity index is 1.68. The molecule has 0 bridgehead atoms. The number of aliphatic hydroxyl groups is 1. The molecule has 5 heteroatoms. The van der Waals surface area contributed by atoms with Crippen LogP contribution >= 0.6 is 0 Å². The lowest BCUT2D eigenvalue weighted by Gasteiger charge is -2.35. The number of carbonyl (C=O) groups excluding carboxylic acids is 2. The second-order valence-corrected chi connectivity index (χ2v) is 7.15. The molecule has 0 aromatic heterocycles. The molecule has 1 fully saturated rings. The fraction of sp³-hybridized carbons (Fsp3) is 0.579. The summed E-state index contributed by atoms with van der Waals surface area (Å²) in [4.78, 5) is 25.8. The monoisotopic (exact) mass is 330 g/mol. The van der Waals surface area contributed by atoms with Crippen molar-refractivity contribution in [2.75, 3.05) is 11.9 Å². The number of carbonyl (C=O) groups is 2. The van der Waals surface area contributed by atoms with Crippen LogP contribution in [-0.4, -0.2) is 34.0 Å². The van der Waals surface area contributed by atoms with Gasteiger partial charge in [0, 0.05) is 25.7 Å². The molecule has 2 aliphatic rings. The number of fused-ring (bicyclic) bond motifs is 1. The number of amides is 2. The van der Waals surface area contributed by atoms with Crippen LogP contribution in [0.25, 0.3) is 0 Å². The summed E-state index contributed by atoms with van der Waals surface area (Å²) in [7, 11) is 0. The smallest absolute Gasteiger partial charge is 0.225 e. The van der Waals surface area contributed by atoms with Crippen molar-refractivity contribution in [2.24, 2.45) is 0 Å². The predicted octanol–water partition coefficient (Wildman–Crippen LogP) is 2.62. The number of nitrogens with one attached hydrogen (secondary N) is 1. The van der Waals surface area contributed by atoms with Crippen molar-refractivity contribution in [3.63, 3.8) is 0 Å². The van der Waals surface area contributed by atoms with Crippen molar-refractivity contribution in [1.29, 1.82) is 0 Å². The van der Waals surface area contributed by atoms with Crippen LogP contribution in [0.15, 0.2) is 18.2 Å². The lowest BCUT2D eigenvalue weighted by molar-refractivity contribution is -0.138. The summed E-state index contributed by atoms with van der Waals surface area (Å²) in [6.07, 6.45) is 5.59. The van der Waals surface area contributed by atoms with Crippen LogP contribution in [0.2, 0.25) is 0 Å². The van der Waals surface area contributed by atoms with Gasteiger partial charge in [0.15, 0.2) is 0 Å². The van der Waals surface area contributed by atoms with E-state index >= 15 is 0 Å². The van der Waals surface area contributed by atoms with E-state index in [1.807, 2.05) is 23.1 Å². The third kappa shape index (κ3) is 3.78. The zero-order valence-corrected chi connectivity index (χ0v) is 14.3. The van der Waals surface area contributed by atoms with Crippen molar-refractivity contribution in [2.45, 2.75) is 64.0 Å². The van der Waals surface area contributed by atoms with Gasteiger partial charge in [0.1, 0.15) is 0 Å². The summed E-state index contributed by atoms with van der Waals surface area (Å²) < 4.78 is 0. The number of anilines is 1. The fourth-order valence-corrected chi connectivity index (χ4v) is 3.91. The highest BCUT2D eigenvalue weighted by atomic mass is 16.3. The number of rotatable bonds is 3. The average molecular weight is 330 g/mol. The first-order valence-corrected chi connectivity index (χ1v) is 8.85. The Morgan fingerprint density at radius 2 is 2.00 bits per heavy atom. The van der Waals surface area contributed by atoms with Gasteiger partial charge < -0.3 is 15.3 Å². The lowest BCUT2D eigenvalue weighted by Crippen LogP contribution is -2.42. The third-order valence-electron chi connectivity index (χ3n) is 5.19. The summed E-state index contributed by atoms with van der Waals surface area (Å²) in [5, 5.41) is 13.5. The van der Waals surface area contributed by atoms with Crippen molar-refractivity contribution >= 4 is 17.5 Å². The minimum Gasteiger partial charge on any atom is -0.389 e. The highest BCUT2D eigenvalue weighted by Crippen LogP contribution is 2.32. The number of hydrogen-bond donors (Lipinski definition) is 2. The third-order valence-corrected chi connectivity index (χ3v) is 5.19. The molecule has 1 aliphatic heterocycles. The molecule has 0 unspecified atom stereocenters. The number of hydrogen-bond acceptors (Lipinski definition) is 3. The summed E-state index contributed by atoms with van der Waals surface area (Å²) in [6.45, 7) is 2.69. The van der Waals surface area contributed by atoms with Crippen molar-refractivity contribution in [3.05, 3.63) is 29.3 Å². The minimum absolute atomic E-state index is 0.0370. The highest BCUT2D eigenvalue weighted by molar-refractivity contribution is 5.90. The maximum atomic E-state index is 12.6. The molecular formula is C19H26N2O3. The molecule has 1 aromatic rings. The van der Waals surface area contributed by atoms with Crippen molar-refractivity contribution < 1.29 is 14.7 Å². The molecule has 1 aliphatic carbocycles. The van der Waals surface area contributed by atoms with Gasteiger partial charge >= 0.3 is 0 Å². The van der Waals surface area contributed by atoms with Gasteiger partial charge in [-0.05, 0) is 36.5 Å². The van der Waals surface area contributed by atoms with E-state index in [1.54, 1.807) is 0 Å². The molecule has 130 valence electrons. The van der Waals surface area contributed by atoms with Crippen molar-refractivity contribution in [3.8, 4) is 0 Å². The Labute approximate surface area is 143 Å². The van der Waals surface area contributed by atoms with Crippen LogP contribution in [0.5, 0.6) is 0 Å². The van der Waals surface area contributed by atoms with Crippen molar-refractivity contribution in [1.82, 2.24) is 4.90 Å². The average Bonchev–Trinajstić information content (AvgIpc) is 2.54. The first-order valence-electron chi connectivity index (χ1n) is 8.85. The van der Waals surface area contributed by atoms with E-state index in [1.165, 1.54) is 6.92 Å². The summed E-state index contributed by atoms with van der Waals surface area (Å²) in [6, 6.07) is 5.82. The van der Waals surface area contributed by atoms with Gasteiger partial charge in [-0.1, -0.05) is 31.4 Å². The first-order chi connectivity index (χ1) is 11.5. The van der Waals surface area contributed by atoms with E-state index in [4.69, 9.17) is 0 Å². The van der Waals surface area contributed by atoms with E-state index in [2.05, 4.69) is 5.32 Å². The lowest BCUT2D eigenvalue weighted by atomic mass is 9.82. The topological polar surface area (TPSA) is 69.6 Å². The zero-order valence-electron chi connectivity index (χ0n) is 14.3. The maximum Gasteiger partial charge on any atom is 0.225 e. The number of nitrogens with zero attached hydrogens (tertiary/aromatic N) is 1. The number of benzene rings is 1. The van der Waals surface area contributed by atoms with Gasteiger partial charge in [0.2, 0.25) is 11.8 Å². The Bertz CT molecular complexity index is 635. The SMILES string of the molecule is CC(=O)Nc1cccc2c1CCN(C(=O)CC1(O)CCCCC1)C2. The van der Waals surface area contributed by atoms with Crippen LogP contribution in [0.1, 0.15) is 56.6 Å². The molecule has 2 amide bonds. The predicted molar refractivity (Wildman–Crippen MR) is 92.5 cm³/mol. The second kappa shape index (κ2) is 6.93. The molecule has 2 N–H and O–H groups in total. The van der Waals surface area contributed by atoms with Gasteiger partial charge in [-0.3, -0.25) is 9.59 Å². The quantitative estimate of drug-likeness (QED) is 0.895. The normalized spacial score (nSPS) is 19.5. The zero-order chi connectivity index (χ0) is 17.2. The maximum absolute atomic E-state index is 12.6. The summed E-state index contributed by atoms with van der Waals surface area (Å²) in [5.41, 5.74) is 2.23. The molecular weight excluding hydrogens is 304 g/mol. The van der Waals surface area contributed by atoms with Gasteiger partial charge in [-0.15, -0.1) is 0 Å². The Morgan fingerprint density at radius 3 is 2.71 bits per heavy atom. The van der Waals surface area contributed by atoms with E-state index in [-0.39, 0.29) is 18.2 Å². The van der Waals surface area contributed by atoms with Gasteiger partial charge in [-0.25, -0.2) is 0 Å². The first kappa shape index (κ1) is 17.0. The highest BCUT2D eigenvalue weighted by Gasteiger charge is 2.34. The molecule has 1 saturated carbocycles. The molecule has 5 nitrogen and oxygen atoms in total. The van der Waals surface area contributed by atoms with E-state index < -0.39 is 5.60 Å². The standard InChI is InChI=1S/C19H26N2O3/c1-14(22)20-17-7-5-6-15-13-21(11-8-16(15)17)18(23)12-19(24)9-3-2-4-10-19/h5-7,24H,2-4,8-13H2,1H3,(H,20,22). The Hall–Kier alpha value is -1.88. The Kier molecular flexibility index (Phi) is 4.90. The van der Waals surface area contributed by atoms with Gasteiger partial charge in [-0.2, -0.15) is 0 Å². The van der Waals surface area contributed by atoms with E-state index in [0.717, 1.165) is 55.3 Å². The fourth-order valence-electron chi connectivity index (χ4n) is 3.91. The second-order valence-electron chi connectivity index (χ2n) is 7.15. The molecule has 24 heavy (non-hydrogen) atoms. The molecule has 0 atom stereocenters. The molecule has 0 radical (unpaired) electrons. The van der Waals surface area contributed by atoms with Gasteiger partial charge in [0.25, 0.3) is 0 Å².